The lowest BCUT2D eigenvalue weighted by Gasteiger charge is -2.39. The SMILES string of the molecule is COc1ccc(C(=O)N(C)CCCNS(=O)(=O)C(F)(F)C(F)(F)C(F)(F)C(F)(F)C(F)(F)C(F)(F)F)cc1. The second-order valence-electron chi connectivity index (χ2n) is 7.52. The fraction of sp³-hybridized carbons (Fsp3) is 0.611. The smallest absolute Gasteiger partial charge is 0.460 e. The van der Waals surface area contributed by atoms with Gasteiger partial charge in [0.15, 0.2) is 0 Å². The monoisotopic (exact) mass is 604 g/mol. The van der Waals surface area contributed by atoms with E-state index in [4.69, 9.17) is 4.74 Å². The molecule has 0 saturated carbocycles. The average molecular weight is 604 g/mol. The van der Waals surface area contributed by atoms with Crippen molar-refractivity contribution in [3.8, 4) is 5.75 Å². The molecule has 0 saturated heterocycles. The number of hydrogen-bond donors (Lipinski definition) is 1. The lowest BCUT2D eigenvalue weighted by atomic mass is 9.98. The number of benzene rings is 1. The molecule has 0 radical (unpaired) electrons. The third kappa shape index (κ3) is 5.59. The van der Waals surface area contributed by atoms with Crippen LogP contribution in [0.25, 0.3) is 0 Å². The van der Waals surface area contributed by atoms with E-state index < -0.39 is 70.6 Å². The third-order valence-electron chi connectivity index (χ3n) is 4.89. The number of carbonyl (C=O) groups excluding carboxylic acids is 1. The molecule has 220 valence electrons. The summed E-state index contributed by atoms with van der Waals surface area (Å²) in [5, 5.41) is -7.32. The van der Waals surface area contributed by atoms with E-state index in [9.17, 15) is 70.3 Å². The van der Waals surface area contributed by atoms with Crippen LogP contribution in [0.2, 0.25) is 0 Å². The minimum Gasteiger partial charge on any atom is -0.497 e. The molecule has 0 heterocycles. The van der Waals surface area contributed by atoms with E-state index in [0.717, 1.165) is 11.9 Å². The summed E-state index contributed by atoms with van der Waals surface area (Å²) in [7, 11) is -4.66. The molecule has 0 aliphatic rings. The Morgan fingerprint density at radius 3 is 1.68 bits per heavy atom. The van der Waals surface area contributed by atoms with Crippen molar-refractivity contribution in [2.45, 2.75) is 41.5 Å². The standard InChI is InChI=1S/C18H17F13N2O4S/c1-33(12(34)10-4-6-11(37-2)7-5-10)9-3-8-32-38(35,36)18(30,31)16(25,26)14(21,22)13(19,20)15(23,24)17(27,28)29/h4-7,32H,3,8-9H2,1-2H3. The predicted octanol–water partition coefficient (Wildman–Crippen LogP) is 4.77. The first-order valence-electron chi connectivity index (χ1n) is 9.68. The first-order chi connectivity index (χ1) is 16.8. The molecule has 0 bridgehead atoms. The molecule has 0 aromatic heterocycles. The molecule has 0 fully saturated rings. The number of rotatable bonds is 12. The highest BCUT2D eigenvalue weighted by Gasteiger charge is 2.92. The summed E-state index contributed by atoms with van der Waals surface area (Å²) in [6.07, 6.45) is -8.28. The molecular weight excluding hydrogens is 587 g/mol. The zero-order valence-corrected chi connectivity index (χ0v) is 19.6. The molecule has 0 unspecified atom stereocenters. The van der Waals surface area contributed by atoms with Gasteiger partial charge in [0.05, 0.1) is 7.11 Å². The van der Waals surface area contributed by atoms with Crippen LogP contribution in [-0.2, 0) is 10.0 Å². The number of amides is 1. The molecule has 38 heavy (non-hydrogen) atoms. The molecular formula is C18H17F13N2O4S. The van der Waals surface area contributed by atoms with Crippen LogP contribution in [0.15, 0.2) is 24.3 Å². The Balaban J connectivity index is 3.02. The highest BCUT2D eigenvalue weighted by atomic mass is 32.2. The predicted molar refractivity (Wildman–Crippen MR) is 102 cm³/mol. The maximum atomic E-state index is 13.9. The van der Waals surface area contributed by atoms with Gasteiger partial charge in [0, 0.05) is 25.7 Å². The minimum absolute atomic E-state index is 0.0545. The zero-order chi connectivity index (χ0) is 30.2. The van der Waals surface area contributed by atoms with Crippen LogP contribution in [0.5, 0.6) is 5.75 Å². The molecule has 0 aliphatic heterocycles. The highest BCUT2D eigenvalue weighted by molar-refractivity contribution is 7.90. The average Bonchev–Trinajstić information content (AvgIpc) is 2.79. The summed E-state index contributed by atoms with van der Waals surface area (Å²) < 4.78 is 199. The van der Waals surface area contributed by atoms with Gasteiger partial charge in [-0.05, 0) is 30.7 Å². The van der Waals surface area contributed by atoms with Crippen LogP contribution in [-0.4, -0.2) is 81.6 Å². The number of halogens is 13. The van der Waals surface area contributed by atoms with Crippen LogP contribution in [0.1, 0.15) is 16.8 Å². The quantitative estimate of drug-likeness (QED) is 0.276. The van der Waals surface area contributed by atoms with E-state index >= 15 is 0 Å². The Labute approximate surface area is 205 Å². The topological polar surface area (TPSA) is 75.7 Å². The van der Waals surface area contributed by atoms with E-state index in [-0.39, 0.29) is 5.56 Å². The first-order valence-corrected chi connectivity index (χ1v) is 11.2. The second-order valence-corrected chi connectivity index (χ2v) is 9.33. The van der Waals surface area contributed by atoms with Crippen molar-refractivity contribution in [1.82, 2.24) is 9.62 Å². The number of ether oxygens (including phenoxy) is 1. The van der Waals surface area contributed by atoms with E-state index in [1.807, 2.05) is 0 Å². The second kappa shape index (κ2) is 10.6. The Bertz CT molecular complexity index is 1090. The van der Waals surface area contributed by atoms with Gasteiger partial charge in [0.2, 0.25) is 0 Å². The van der Waals surface area contributed by atoms with Gasteiger partial charge in [-0.15, -0.1) is 0 Å². The van der Waals surface area contributed by atoms with E-state index in [0.29, 0.717) is 10.5 Å². The molecule has 0 spiro atoms. The number of carbonyl (C=O) groups is 1. The summed E-state index contributed by atoms with van der Waals surface area (Å²) in [5.41, 5.74) is 0.0545. The maximum Gasteiger partial charge on any atom is 0.460 e. The Morgan fingerprint density at radius 1 is 0.816 bits per heavy atom. The van der Waals surface area contributed by atoms with Crippen molar-refractivity contribution in [3.63, 3.8) is 0 Å². The summed E-state index contributed by atoms with van der Waals surface area (Å²) in [4.78, 5) is 13.1. The van der Waals surface area contributed by atoms with Crippen LogP contribution >= 0.6 is 0 Å². The molecule has 1 N–H and O–H groups in total. The van der Waals surface area contributed by atoms with Crippen LogP contribution in [0.4, 0.5) is 57.1 Å². The number of sulfonamides is 1. The lowest BCUT2D eigenvalue weighted by Crippen LogP contribution is -2.71. The van der Waals surface area contributed by atoms with Gasteiger partial charge >= 0.3 is 35.1 Å². The summed E-state index contributed by atoms with van der Waals surface area (Å²) in [6.45, 7) is -1.80. The number of methoxy groups -OCH3 is 1. The highest BCUT2D eigenvalue weighted by Crippen LogP contribution is 2.60. The normalized spacial score (nSPS) is 14.4. The van der Waals surface area contributed by atoms with Crippen molar-refractivity contribution in [2.24, 2.45) is 0 Å². The summed E-state index contributed by atoms with van der Waals surface area (Å²) in [5.74, 6) is -32.8. The third-order valence-corrected chi connectivity index (χ3v) is 6.40. The van der Waals surface area contributed by atoms with Gasteiger partial charge in [-0.2, -0.15) is 57.1 Å². The van der Waals surface area contributed by atoms with Gasteiger partial charge in [-0.3, -0.25) is 4.79 Å². The van der Waals surface area contributed by atoms with Gasteiger partial charge in [0.25, 0.3) is 15.9 Å². The van der Waals surface area contributed by atoms with E-state index in [1.165, 1.54) is 31.4 Å². The number of nitrogens with one attached hydrogen (secondary N) is 1. The van der Waals surface area contributed by atoms with Crippen molar-refractivity contribution in [2.75, 3.05) is 27.2 Å². The van der Waals surface area contributed by atoms with E-state index in [1.54, 1.807) is 0 Å². The van der Waals surface area contributed by atoms with Gasteiger partial charge < -0.3 is 9.64 Å². The molecule has 0 aliphatic carbocycles. The molecule has 1 amide bonds. The fourth-order valence-electron chi connectivity index (χ4n) is 2.59. The summed E-state index contributed by atoms with van der Waals surface area (Å²) >= 11 is 0. The molecule has 1 rings (SSSR count). The van der Waals surface area contributed by atoms with Gasteiger partial charge in [0.1, 0.15) is 5.75 Å². The minimum atomic E-state index is -8.23. The zero-order valence-electron chi connectivity index (χ0n) is 18.8. The Morgan fingerprint density at radius 2 is 1.26 bits per heavy atom. The van der Waals surface area contributed by atoms with Crippen molar-refractivity contribution >= 4 is 15.9 Å². The van der Waals surface area contributed by atoms with Crippen LogP contribution in [0.3, 0.4) is 0 Å². The van der Waals surface area contributed by atoms with Crippen LogP contribution in [0, 0.1) is 0 Å². The van der Waals surface area contributed by atoms with Gasteiger partial charge in [-0.25, -0.2) is 13.1 Å². The largest absolute Gasteiger partial charge is 0.497 e. The van der Waals surface area contributed by atoms with Crippen LogP contribution < -0.4 is 9.46 Å². The molecule has 20 heteroatoms. The molecule has 0 atom stereocenters. The van der Waals surface area contributed by atoms with Gasteiger partial charge in [-0.1, -0.05) is 0 Å². The lowest BCUT2D eigenvalue weighted by molar-refractivity contribution is -0.433. The Kier molecular flexibility index (Phi) is 9.33. The number of hydrogen-bond acceptors (Lipinski definition) is 4. The summed E-state index contributed by atoms with van der Waals surface area (Å²) in [6, 6.07) is 5.34. The number of nitrogens with zero attached hydrogens (tertiary/aromatic N) is 1. The van der Waals surface area contributed by atoms with Crippen molar-refractivity contribution in [3.05, 3.63) is 29.8 Å². The maximum absolute atomic E-state index is 13.9. The molecule has 6 nitrogen and oxygen atoms in total. The van der Waals surface area contributed by atoms with E-state index in [2.05, 4.69) is 0 Å². The first kappa shape index (κ1) is 33.5. The number of alkyl halides is 13. The van der Waals surface area contributed by atoms with Crippen molar-refractivity contribution < 1.29 is 75.0 Å². The fourth-order valence-corrected chi connectivity index (χ4v) is 3.65. The molecule has 1 aromatic carbocycles. The van der Waals surface area contributed by atoms with Crippen molar-refractivity contribution in [1.29, 1.82) is 0 Å². The molecule has 1 aromatic rings. The Hall–Kier alpha value is -2.51.